The maximum atomic E-state index is 6.55. The zero-order valence-electron chi connectivity index (χ0n) is 22.6. The summed E-state index contributed by atoms with van der Waals surface area (Å²) in [6, 6.07) is 15.1. The Morgan fingerprint density at radius 1 is 1.15 bits per heavy atom. The Balaban J connectivity index is 1.04. The number of thiazole rings is 1. The number of methoxy groups -OCH3 is 1. The summed E-state index contributed by atoms with van der Waals surface area (Å²) in [6.45, 7) is 7.58. The number of nitrogens with one attached hydrogen (secondary N) is 1. The lowest BCUT2D eigenvalue weighted by Crippen LogP contribution is -2.53. The predicted octanol–water partition coefficient (Wildman–Crippen LogP) is 4.31. The van der Waals surface area contributed by atoms with Crippen LogP contribution in [-0.4, -0.2) is 76.8 Å². The molecule has 1 N–H and O–H groups in total. The molecule has 1 aromatic heterocycles. The maximum Gasteiger partial charge on any atom is 0.185 e. The fourth-order valence-electron chi connectivity index (χ4n) is 5.66. The van der Waals surface area contributed by atoms with Crippen molar-refractivity contribution in [1.82, 2.24) is 10.3 Å². The number of piperidine rings is 1. The van der Waals surface area contributed by atoms with E-state index in [1.165, 1.54) is 11.1 Å². The van der Waals surface area contributed by atoms with Crippen molar-refractivity contribution in [3.63, 3.8) is 0 Å². The first-order valence-electron chi connectivity index (χ1n) is 14.0. The van der Waals surface area contributed by atoms with Crippen LogP contribution in [0.3, 0.4) is 0 Å². The van der Waals surface area contributed by atoms with E-state index < -0.39 is 0 Å². The quantitative estimate of drug-likeness (QED) is 0.355. The molecule has 2 atom stereocenters. The van der Waals surface area contributed by atoms with Crippen molar-refractivity contribution in [2.75, 3.05) is 69.4 Å². The standard InChI is InChI=1S/C30H38N4O4S/c1-35-14-2-12-33-13-15-36-28-8-3-22(17-27(28)33)21-37-29-18-31-10-9-26(29)23-4-6-24(7-5-23)38-25-19-34(20-25)30-32-11-16-39-30/h3-8,11,16-17,25-26,29,31H,2,9-10,12-15,18-21H2,1H3/t26-,29+/m1/s1. The number of aromatic nitrogens is 1. The van der Waals surface area contributed by atoms with E-state index in [4.69, 9.17) is 18.9 Å². The van der Waals surface area contributed by atoms with Gasteiger partial charge in [-0.25, -0.2) is 4.98 Å². The van der Waals surface area contributed by atoms with Gasteiger partial charge in [0.25, 0.3) is 0 Å². The molecule has 0 bridgehead atoms. The minimum Gasteiger partial charge on any atom is -0.490 e. The van der Waals surface area contributed by atoms with Crippen LogP contribution in [0.25, 0.3) is 0 Å². The molecule has 39 heavy (non-hydrogen) atoms. The smallest absolute Gasteiger partial charge is 0.185 e. The number of nitrogens with zero attached hydrogens (tertiary/aromatic N) is 3. The zero-order chi connectivity index (χ0) is 26.4. The van der Waals surface area contributed by atoms with E-state index in [-0.39, 0.29) is 12.2 Å². The van der Waals surface area contributed by atoms with Gasteiger partial charge in [0.15, 0.2) is 5.13 Å². The lowest BCUT2D eigenvalue weighted by Gasteiger charge is -2.38. The summed E-state index contributed by atoms with van der Waals surface area (Å²) in [5, 5.41) is 6.62. The molecule has 0 spiro atoms. The molecule has 208 valence electrons. The van der Waals surface area contributed by atoms with Crippen molar-refractivity contribution >= 4 is 22.2 Å². The highest BCUT2D eigenvalue weighted by molar-refractivity contribution is 7.13. The number of ether oxygens (including phenoxy) is 4. The molecule has 2 fully saturated rings. The highest BCUT2D eigenvalue weighted by Crippen LogP contribution is 2.34. The van der Waals surface area contributed by atoms with Gasteiger partial charge in [-0.05, 0) is 54.8 Å². The predicted molar refractivity (Wildman–Crippen MR) is 155 cm³/mol. The largest absolute Gasteiger partial charge is 0.490 e. The Hall–Kier alpha value is -2.85. The molecular weight excluding hydrogens is 512 g/mol. The van der Waals surface area contributed by atoms with Gasteiger partial charge >= 0.3 is 0 Å². The zero-order valence-corrected chi connectivity index (χ0v) is 23.4. The number of hydrogen-bond acceptors (Lipinski definition) is 9. The van der Waals surface area contributed by atoms with Gasteiger partial charge in [0.05, 0.1) is 38.0 Å². The second-order valence-electron chi connectivity index (χ2n) is 10.5. The lowest BCUT2D eigenvalue weighted by molar-refractivity contribution is 0.0106. The fourth-order valence-corrected chi connectivity index (χ4v) is 6.32. The Labute approximate surface area is 234 Å². The monoisotopic (exact) mass is 550 g/mol. The third kappa shape index (κ3) is 6.32. The average Bonchev–Trinajstić information content (AvgIpc) is 3.49. The molecule has 3 aromatic rings. The molecule has 6 rings (SSSR count). The van der Waals surface area contributed by atoms with Crippen molar-refractivity contribution in [3.8, 4) is 11.5 Å². The maximum absolute atomic E-state index is 6.55. The fraction of sp³-hybridized carbons (Fsp3) is 0.500. The summed E-state index contributed by atoms with van der Waals surface area (Å²) in [5.74, 6) is 2.25. The van der Waals surface area contributed by atoms with Gasteiger partial charge in [-0.1, -0.05) is 18.2 Å². The van der Waals surface area contributed by atoms with Crippen molar-refractivity contribution in [1.29, 1.82) is 0 Å². The minimum absolute atomic E-state index is 0.120. The number of benzene rings is 2. The number of rotatable bonds is 11. The van der Waals surface area contributed by atoms with Gasteiger partial charge in [-0.2, -0.15) is 0 Å². The first-order valence-corrected chi connectivity index (χ1v) is 14.9. The number of anilines is 2. The number of hydrogen-bond donors (Lipinski definition) is 1. The highest BCUT2D eigenvalue weighted by atomic mass is 32.1. The molecule has 3 aliphatic heterocycles. The Kier molecular flexibility index (Phi) is 8.49. The molecule has 2 saturated heterocycles. The highest BCUT2D eigenvalue weighted by Gasteiger charge is 2.31. The number of fused-ring (bicyclic) bond motifs is 1. The van der Waals surface area contributed by atoms with Crippen LogP contribution in [0.5, 0.6) is 11.5 Å². The van der Waals surface area contributed by atoms with E-state index in [0.29, 0.717) is 12.5 Å². The third-order valence-corrected chi connectivity index (χ3v) is 8.63. The van der Waals surface area contributed by atoms with Crippen LogP contribution in [0.4, 0.5) is 10.8 Å². The van der Waals surface area contributed by atoms with Gasteiger partial charge in [0.1, 0.15) is 24.2 Å². The van der Waals surface area contributed by atoms with Crippen LogP contribution in [0, 0.1) is 0 Å². The third-order valence-electron chi connectivity index (χ3n) is 7.80. The van der Waals surface area contributed by atoms with Crippen LogP contribution >= 0.6 is 11.3 Å². The minimum atomic E-state index is 0.120. The molecule has 0 amide bonds. The Bertz CT molecular complexity index is 1190. The van der Waals surface area contributed by atoms with Crippen LogP contribution in [-0.2, 0) is 16.1 Å². The van der Waals surface area contributed by atoms with E-state index in [0.717, 1.165) is 87.6 Å². The van der Waals surface area contributed by atoms with E-state index in [2.05, 4.69) is 62.6 Å². The molecule has 0 aliphatic carbocycles. The normalized spacial score (nSPS) is 21.3. The average molecular weight is 551 g/mol. The Morgan fingerprint density at radius 2 is 2.05 bits per heavy atom. The molecule has 2 aromatic carbocycles. The SMILES string of the molecule is COCCCN1CCOc2ccc(CO[C@H]3CNCC[C@@H]3c3ccc(OC4CN(c5nccs5)C4)cc3)cc21. The van der Waals surface area contributed by atoms with Crippen molar-refractivity contribution in [2.45, 2.75) is 37.6 Å². The first-order chi connectivity index (χ1) is 19.3. The first kappa shape index (κ1) is 26.4. The van der Waals surface area contributed by atoms with E-state index in [1.807, 2.05) is 11.6 Å². The van der Waals surface area contributed by atoms with Crippen LogP contribution in [0.15, 0.2) is 54.0 Å². The Morgan fingerprint density at radius 3 is 2.87 bits per heavy atom. The summed E-state index contributed by atoms with van der Waals surface area (Å²) in [4.78, 5) is 9.04. The lowest BCUT2D eigenvalue weighted by atomic mass is 9.87. The van der Waals surface area contributed by atoms with Crippen LogP contribution < -0.4 is 24.6 Å². The molecule has 8 nitrogen and oxygen atoms in total. The molecule has 3 aliphatic rings. The van der Waals surface area contributed by atoms with Gasteiger partial charge in [-0.15, -0.1) is 11.3 Å². The topological polar surface area (TPSA) is 68.3 Å². The van der Waals surface area contributed by atoms with E-state index in [1.54, 1.807) is 18.4 Å². The van der Waals surface area contributed by atoms with Gasteiger partial charge < -0.3 is 34.1 Å². The summed E-state index contributed by atoms with van der Waals surface area (Å²) in [7, 11) is 1.76. The van der Waals surface area contributed by atoms with Gasteiger partial charge in [-0.3, -0.25) is 0 Å². The van der Waals surface area contributed by atoms with Gasteiger partial charge in [0.2, 0.25) is 0 Å². The molecule has 0 unspecified atom stereocenters. The van der Waals surface area contributed by atoms with Crippen LogP contribution in [0.2, 0.25) is 0 Å². The molecule has 0 saturated carbocycles. The van der Waals surface area contributed by atoms with Gasteiger partial charge in [0, 0.05) is 44.3 Å². The summed E-state index contributed by atoms with van der Waals surface area (Å²) >= 11 is 1.68. The van der Waals surface area contributed by atoms with E-state index >= 15 is 0 Å². The second-order valence-corrected chi connectivity index (χ2v) is 11.3. The summed E-state index contributed by atoms with van der Waals surface area (Å²) < 4.78 is 23.9. The molecule has 9 heteroatoms. The summed E-state index contributed by atoms with van der Waals surface area (Å²) in [5.41, 5.74) is 3.65. The second kappa shape index (κ2) is 12.6. The van der Waals surface area contributed by atoms with Crippen molar-refractivity contribution < 1.29 is 18.9 Å². The molecule has 0 radical (unpaired) electrons. The van der Waals surface area contributed by atoms with Crippen LogP contribution in [0.1, 0.15) is 29.9 Å². The molecule has 4 heterocycles. The summed E-state index contributed by atoms with van der Waals surface area (Å²) in [6.07, 6.45) is 4.25. The van der Waals surface area contributed by atoms with E-state index in [9.17, 15) is 0 Å². The molecular formula is C30H38N4O4S. The van der Waals surface area contributed by atoms with Crippen molar-refractivity contribution in [2.24, 2.45) is 0 Å². The van der Waals surface area contributed by atoms with Crippen molar-refractivity contribution in [3.05, 3.63) is 65.2 Å².